The molecule has 0 radical (unpaired) electrons. The molecule has 1 amide bonds. The van der Waals surface area contributed by atoms with E-state index in [9.17, 15) is 9.18 Å². The lowest BCUT2D eigenvalue weighted by molar-refractivity contribution is -0.125. The highest BCUT2D eigenvalue weighted by Crippen LogP contribution is 2.26. The molecule has 0 spiro atoms. The Hall–Kier alpha value is -2.20. The van der Waals surface area contributed by atoms with Crippen LogP contribution in [0.2, 0.25) is 0 Å². The summed E-state index contributed by atoms with van der Waals surface area (Å²) < 4.78 is 13.7. The molecule has 4 heteroatoms. The summed E-state index contributed by atoms with van der Waals surface area (Å²) in [6, 6.07) is 17.6. The Labute approximate surface area is 182 Å². The number of hydrogen-bond acceptors (Lipinski definition) is 2. The zero-order chi connectivity index (χ0) is 22.7. The van der Waals surface area contributed by atoms with E-state index in [2.05, 4.69) is 43.4 Å². The van der Waals surface area contributed by atoms with Crippen molar-refractivity contribution in [1.29, 1.82) is 0 Å². The summed E-state index contributed by atoms with van der Waals surface area (Å²) in [4.78, 5) is 14.6. The van der Waals surface area contributed by atoms with Crippen LogP contribution in [-0.4, -0.2) is 36.6 Å². The molecule has 3 rings (SSSR count). The van der Waals surface area contributed by atoms with Crippen molar-refractivity contribution in [3.63, 3.8) is 0 Å². The van der Waals surface area contributed by atoms with Crippen molar-refractivity contribution in [2.24, 2.45) is 0 Å². The molecular weight excluding hydrogens is 375 g/mol. The van der Waals surface area contributed by atoms with Gasteiger partial charge in [0.2, 0.25) is 5.91 Å². The van der Waals surface area contributed by atoms with Crippen LogP contribution in [0.25, 0.3) is 0 Å². The molecule has 0 aromatic heterocycles. The van der Waals surface area contributed by atoms with Crippen molar-refractivity contribution in [1.82, 2.24) is 10.2 Å². The minimum absolute atomic E-state index is 0.116. The Bertz CT molecular complexity index is 730. The first-order valence-electron chi connectivity index (χ1n) is 11.2. The van der Waals surface area contributed by atoms with Crippen molar-refractivity contribution in [2.75, 3.05) is 13.6 Å². The molecule has 0 bridgehead atoms. The van der Waals surface area contributed by atoms with Gasteiger partial charge in [-0.1, -0.05) is 96.1 Å². The van der Waals surface area contributed by atoms with Gasteiger partial charge in [-0.05, 0) is 29.7 Å². The van der Waals surface area contributed by atoms with Crippen molar-refractivity contribution in [2.45, 2.75) is 72.1 Å². The van der Waals surface area contributed by atoms with E-state index in [0.29, 0.717) is 12.5 Å². The number of carbonyl (C=O) groups excluding carboxylic acids is 1. The molecule has 1 aliphatic rings. The number of nitrogens with one attached hydrogen (secondary N) is 1. The first-order valence-corrected chi connectivity index (χ1v) is 11.2. The van der Waals surface area contributed by atoms with Crippen molar-refractivity contribution < 1.29 is 9.18 Å². The van der Waals surface area contributed by atoms with Gasteiger partial charge in [-0.15, -0.1) is 0 Å². The topological polar surface area (TPSA) is 32.3 Å². The molecule has 3 nitrogen and oxygen atoms in total. The van der Waals surface area contributed by atoms with Gasteiger partial charge >= 0.3 is 0 Å². The molecule has 1 N–H and O–H groups in total. The summed E-state index contributed by atoms with van der Waals surface area (Å²) in [5.74, 6) is 0.344. The van der Waals surface area contributed by atoms with Gasteiger partial charge in [-0.25, -0.2) is 4.39 Å². The van der Waals surface area contributed by atoms with Crippen LogP contribution in [0, 0.1) is 0 Å². The molecule has 1 aliphatic heterocycles. The minimum Gasteiger partial charge on any atom is -0.344 e. The number of amides is 1. The largest absolute Gasteiger partial charge is 0.344 e. The highest BCUT2D eigenvalue weighted by atomic mass is 19.1. The minimum atomic E-state index is -0.934. The third-order valence-corrected chi connectivity index (χ3v) is 5.16. The van der Waals surface area contributed by atoms with Gasteiger partial charge in [0.05, 0.1) is 12.1 Å². The Kier molecular flexibility index (Phi) is 11.3. The maximum absolute atomic E-state index is 13.7. The summed E-state index contributed by atoms with van der Waals surface area (Å²) in [6.07, 6.45) is -0.674. The molecule has 166 valence electrons. The van der Waals surface area contributed by atoms with Gasteiger partial charge in [0.1, 0.15) is 6.17 Å². The number of rotatable bonds is 5. The van der Waals surface area contributed by atoms with Crippen LogP contribution in [0.4, 0.5) is 4.39 Å². The first kappa shape index (κ1) is 25.8. The van der Waals surface area contributed by atoms with Crippen LogP contribution in [0.3, 0.4) is 0 Å². The third kappa shape index (κ3) is 6.94. The Balaban J connectivity index is 0.00000106. The van der Waals surface area contributed by atoms with Gasteiger partial charge in [0.25, 0.3) is 0 Å². The van der Waals surface area contributed by atoms with E-state index >= 15 is 0 Å². The van der Waals surface area contributed by atoms with Gasteiger partial charge in [-0.3, -0.25) is 9.69 Å². The fourth-order valence-electron chi connectivity index (χ4n) is 3.56. The molecule has 3 atom stereocenters. The van der Waals surface area contributed by atoms with E-state index < -0.39 is 12.2 Å². The summed E-state index contributed by atoms with van der Waals surface area (Å²) in [7, 11) is 1.80. The van der Waals surface area contributed by atoms with Gasteiger partial charge in [-0.2, -0.15) is 0 Å². The average molecular weight is 415 g/mol. The standard InChI is InChI=1S/C22H27FN2O.2C2H6/c1-15(2)16-9-11-18(12-10-16)21(17-7-5-4-6-8-17)24-22(26)20-13-19(23)14-25(20)3;2*1-2/h4-12,15,19-21H,13-14H2,1-3H3,(H,24,26);2*1-2H3/t19-,20?,21+;;/m1../s1. The normalized spacial score (nSPS) is 19.2. The number of benzene rings is 2. The molecule has 30 heavy (non-hydrogen) atoms. The molecule has 2 aromatic rings. The zero-order valence-electron chi connectivity index (χ0n) is 19.7. The molecule has 2 aromatic carbocycles. The predicted molar refractivity (Wildman–Crippen MR) is 126 cm³/mol. The second-order valence-corrected chi connectivity index (χ2v) is 7.46. The monoisotopic (exact) mass is 414 g/mol. The Morgan fingerprint density at radius 3 is 1.90 bits per heavy atom. The Morgan fingerprint density at radius 2 is 1.43 bits per heavy atom. The smallest absolute Gasteiger partial charge is 0.238 e. The molecule has 0 saturated carbocycles. The van der Waals surface area contributed by atoms with E-state index in [1.807, 2.05) is 58.0 Å². The lowest BCUT2D eigenvalue weighted by Gasteiger charge is -2.25. The second-order valence-electron chi connectivity index (χ2n) is 7.46. The fraction of sp³-hybridized carbons (Fsp3) is 0.500. The van der Waals surface area contributed by atoms with E-state index in [-0.39, 0.29) is 18.4 Å². The number of hydrogen-bond donors (Lipinski definition) is 1. The molecule has 1 unspecified atom stereocenters. The maximum atomic E-state index is 13.7. The quantitative estimate of drug-likeness (QED) is 0.640. The van der Waals surface area contributed by atoms with E-state index in [4.69, 9.17) is 0 Å². The number of halogens is 1. The lowest BCUT2D eigenvalue weighted by Crippen LogP contribution is -2.43. The Morgan fingerprint density at radius 1 is 0.933 bits per heavy atom. The summed E-state index contributed by atoms with van der Waals surface area (Å²) >= 11 is 0. The number of alkyl halides is 1. The third-order valence-electron chi connectivity index (χ3n) is 5.16. The van der Waals surface area contributed by atoms with Crippen LogP contribution in [0.5, 0.6) is 0 Å². The number of likely N-dealkylation sites (tertiary alicyclic amines) is 1. The van der Waals surface area contributed by atoms with Crippen LogP contribution >= 0.6 is 0 Å². The number of nitrogens with zero attached hydrogens (tertiary/aromatic N) is 1. The van der Waals surface area contributed by atoms with Gasteiger partial charge in [0, 0.05) is 13.0 Å². The first-order chi connectivity index (χ1) is 14.5. The predicted octanol–water partition coefficient (Wildman–Crippen LogP) is 6.11. The van der Waals surface area contributed by atoms with E-state index in [1.54, 1.807) is 11.9 Å². The van der Waals surface area contributed by atoms with Crippen LogP contribution < -0.4 is 5.32 Å². The molecule has 1 saturated heterocycles. The second kappa shape index (κ2) is 13.2. The van der Waals surface area contributed by atoms with E-state index in [0.717, 1.165) is 11.1 Å². The number of likely N-dealkylation sites (N-methyl/N-ethyl adjacent to an activating group) is 1. The SMILES string of the molecule is CC.CC.CC(C)c1ccc([C@@H](NC(=O)C2C[C@@H](F)CN2C)c2ccccc2)cc1. The van der Waals surface area contributed by atoms with E-state index in [1.165, 1.54) is 5.56 Å². The summed E-state index contributed by atoms with van der Waals surface area (Å²) in [5, 5.41) is 3.14. The highest BCUT2D eigenvalue weighted by molar-refractivity contribution is 5.83. The molecular formula is C26H39FN2O. The highest BCUT2D eigenvalue weighted by Gasteiger charge is 2.35. The molecule has 1 heterocycles. The molecule has 0 aliphatic carbocycles. The zero-order valence-corrected chi connectivity index (χ0v) is 19.7. The van der Waals surface area contributed by atoms with Crippen LogP contribution in [0.15, 0.2) is 54.6 Å². The average Bonchev–Trinajstić information content (AvgIpc) is 3.13. The summed E-state index contributed by atoms with van der Waals surface area (Å²) in [5.41, 5.74) is 3.32. The fourth-order valence-corrected chi connectivity index (χ4v) is 3.56. The van der Waals surface area contributed by atoms with Crippen molar-refractivity contribution in [3.05, 3.63) is 71.3 Å². The van der Waals surface area contributed by atoms with Gasteiger partial charge in [0.15, 0.2) is 0 Å². The maximum Gasteiger partial charge on any atom is 0.238 e. The van der Waals surface area contributed by atoms with Crippen molar-refractivity contribution in [3.8, 4) is 0 Å². The lowest BCUT2D eigenvalue weighted by atomic mass is 9.95. The van der Waals surface area contributed by atoms with Crippen LogP contribution in [-0.2, 0) is 4.79 Å². The van der Waals surface area contributed by atoms with Crippen LogP contribution in [0.1, 0.15) is 76.6 Å². The van der Waals surface area contributed by atoms with Crippen molar-refractivity contribution >= 4 is 5.91 Å². The van der Waals surface area contributed by atoms with Gasteiger partial charge < -0.3 is 5.32 Å². The molecule has 1 fully saturated rings. The number of carbonyl (C=O) groups is 1. The summed E-state index contributed by atoms with van der Waals surface area (Å²) in [6.45, 7) is 12.6.